The molecule has 1 saturated carbocycles. The van der Waals surface area contributed by atoms with Crippen molar-refractivity contribution in [1.29, 1.82) is 5.26 Å². The minimum absolute atomic E-state index is 0.532. The first kappa shape index (κ1) is 11.3. The third-order valence-corrected chi connectivity index (χ3v) is 3.28. The highest BCUT2D eigenvalue weighted by molar-refractivity contribution is 6.32. The molecule has 0 spiro atoms. The molecule has 3 heteroatoms. The van der Waals surface area contributed by atoms with Crippen molar-refractivity contribution in [2.24, 2.45) is 5.92 Å². The average Bonchev–Trinajstić information content (AvgIpc) is 2.17. The molecule has 1 aromatic carbocycles. The van der Waals surface area contributed by atoms with Gasteiger partial charge in [-0.05, 0) is 43.4 Å². The summed E-state index contributed by atoms with van der Waals surface area (Å²) in [6.45, 7) is 2.60. The lowest BCUT2D eigenvalue weighted by atomic mass is 9.86. The van der Waals surface area contributed by atoms with Crippen LogP contribution in [-0.2, 0) is 0 Å². The first-order valence-electron chi connectivity index (χ1n) is 5.53. The summed E-state index contributed by atoms with van der Waals surface area (Å²) in [4.78, 5) is 0. The Morgan fingerprint density at radius 1 is 1.50 bits per heavy atom. The van der Waals surface area contributed by atoms with Crippen molar-refractivity contribution in [1.82, 2.24) is 0 Å². The zero-order valence-corrected chi connectivity index (χ0v) is 10.0. The molecule has 0 aliphatic heterocycles. The molecule has 0 radical (unpaired) electrons. The number of nitrogens with zero attached hydrogens (tertiary/aromatic N) is 1. The van der Waals surface area contributed by atoms with Crippen molar-refractivity contribution in [3.05, 3.63) is 28.3 Å². The third kappa shape index (κ3) is 2.31. The molecule has 0 N–H and O–H groups in total. The van der Waals surface area contributed by atoms with Crippen LogP contribution in [0.3, 0.4) is 0 Å². The standard InChI is InChI=1S/C13H14ClNO/c1-9-5-11(7-15)13(12(14)6-9)16-8-10-3-2-4-10/h5-6,10H,2-4,8H2,1H3. The SMILES string of the molecule is Cc1cc(Cl)c(OCC2CCC2)c(C#N)c1. The topological polar surface area (TPSA) is 33.0 Å². The van der Waals surface area contributed by atoms with E-state index >= 15 is 0 Å². The molecule has 1 fully saturated rings. The second-order valence-corrected chi connectivity index (χ2v) is 4.75. The van der Waals surface area contributed by atoms with E-state index in [1.165, 1.54) is 19.3 Å². The molecule has 1 aliphatic carbocycles. The Kier molecular flexibility index (Phi) is 3.36. The van der Waals surface area contributed by atoms with Gasteiger partial charge >= 0.3 is 0 Å². The van der Waals surface area contributed by atoms with E-state index in [2.05, 4.69) is 6.07 Å². The first-order valence-corrected chi connectivity index (χ1v) is 5.91. The lowest BCUT2D eigenvalue weighted by molar-refractivity contribution is 0.180. The summed E-state index contributed by atoms with van der Waals surface area (Å²) >= 11 is 6.08. The van der Waals surface area contributed by atoms with Crippen molar-refractivity contribution >= 4 is 11.6 Å². The van der Waals surface area contributed by atoms with Gasteiger partial charge in [-0.3, -0.25) is 0 Å². The maximum atomic E-state index is 9.02. The number of halogens is 1. The fraction of sp³-hybridized carbons (Fsp3) is 0.462. The smallest absolute Gasteiger partial charge is 0.155 e. The van der Waals surface area contributed by atoms with Crippen LogP contribution in [0.25, 0.3) is 0 Å². The van der Waals surface area contributed by atoms with Crippen molar-refractivity contribution in [3.63, 3.8) is 0 Å². The van der Waals surface area contributed by atoms with Gasteiger partial charge in [0, 0.05) is 0 Å². The second kappa shape index (κ2) is 4.76. The molecule has 16 heavy (non-hydrogen) atoms. The number of aryl methyl sites for hydroxylation is 1. The van der Waals surface area contributed by atoms with Crippen LogP contribution in [0.15, 0.2) is 12.1 Å². The summed E-state index contributed by atoms with van der Waals surface area (Å²) in [5, 5.41) is 9.55. The highest BCUT2D eigenvalue weighted by atomic mass is 35.5. The van der Waals surface area contributed by atoms with Gasteiger partial charge in [0.15, 0.2) is 5.75 Å². The Morgan fingerprint density at radius 2 is 2.25 bits per heavy atom. The number of hydrogen-bond donors (Lipinski definition) is 0. The lowest BCUT2D eigenvalue weighted by Crippen LogP contribution is -2.19. The van der Waals surface area contributed by atoms with Gasteiger partial charge < -0.3 is 4.74 Å². The minimum atomic E-state index is 0.532. The predicted octanol–water partition coefficient (Wildman–Crippen LogP) is 3.70. The van der Waals surface area contributed by atoms with Gasteiger partial charge in [-0.15, -0.1) is 0 Å². The van der Waals surface area contributed by atoms with Crippen molar-refractivity contribution in [2.75, 3.05) is 6.61 Å². The summed E-state index contributed by atoms with van der Waals surface area (Å²) < 4.78 is 5.66. The van der Waals surface area contributed by atoms with Gasteiger partial charge in [-0.2, -0.15) is 5.26 Å². The maximum absolute atomic E-state index is 9.02. The average molecular weight is 236 g/mol. The van der Waals surface area contributed by atoms with Gasteiger partial charge in [0.1, 0.15) is 6.07 Å². The van der Waals surface area contributed by atoms with Crippen LogP contribution in [0.4, 0.5) is 0 Å². The van der Waals surface area contributed by atoms with E-state index in [9.17, 15) is 0 Å². The fourth-order valence-electron chi connectivity index (χ4n) is 1.82. The van der Waals surface area contributed by atoms with E-state index in [1.807, 2.05) is 19.1 Å². The molecular formula is C13H14ClNO. The van der Waals surface area contributed by atoms with Crippen LogP contribution in [0.2, 0.25) is 5.02 Å². The molecule has 0 saturated heterocycles. The molecule has 0 amide bonds. The molecule has 0 atom stereocenters. The van der Waals surface area contributed by atoms with E-state index in [0.29, 0.717) is 28.9 Å². The van der Waals surface area contributed by atoms with E-state index in [0.717, 1.165) is 5.56 Å². The molecule has 0 unspecified atom stereocenters. The molecule has 0 aromatic heterocycles. The molecule has 0 heterocycles. The third-order valence-electron chi connectivity index (χ3n) is 3.00. The summed E-state index contributed by atoms with van der Waals surface area (Å²) in [6.07, 6.45) is 3.75. The summed E-state index contributed by atoms with van der Waals surface area (Å²) in [6, 6.07) is 5.77. The highest BCUT2D eigenvalue weighted by Gasteiger charge is 2.19. The highest BCUT2D eigenvalue weighted by Crippen LogP contribution is 2.32. The molecular weight excluding hydrogens is 222 g/mol. The zero-order chi connectivity index (χ0) is 11.5. The Balaban J connectivity index is 2.15. The van der Waals surface area contributed by atoms with Gasteiger partial charge in [0.25, 0.3) is 0 Å². The van der Waals surface area contributed by atoms with Gasteiger partial charge in [0.05, 0.1) is 17.2 Å². The molecule has 2 rings (SSSR count). The molecule has 84 valence electrons. The Labute approximate surface area is 101 Å². The van der Waals surface area contributed by atoms with Crippen LogP contribution in [0.1, 0.15) is 30.4 Å². The minimum Gasteiger partial charge on any atom is -0.490 e. The number of ether oxygens (including phenoxy) is 1. The van der Waals surface area contributed by atoms with Crippen LogP contribution >= 0.6 is 11.6 Å². The number of benzene rings is 1. The van der Waals surface area contributed by atoms with Crippen LogP contribution in [-0.4, -0.2) is 6.61 Å². The largest absolute Gasteiger partial charge is 0.490 e. The Hall–Kier alpha value is -1.20. The van der Waals surface area contributed by atoms with Crippen molar-refractivity contribution in [2.45, 2.75) is 26.2 Å². The van der Waals surface area contributed by atoms with Crippen molar-refractivity contribution < 1.29 is 4.74 Å². The van der Waals surface area contributed by atoms with Crippen LogP contribution in [0, 0.1) is 24.2 Å². The van der Waals surface area contributed by atoms with Crippen molar-refractivity contribution in [3.8, 4) is 11.8 Å². The summed E-state index contributed by atoms with van der Waals surface area (Å²) in [5.41, 5.74) is 1.52. The normalized spacial score (nSPS) is 15.3. The zero-order valence-electron chi connectivity index (χ0n) is 9.29. The molecule has 1 aromatic rings. The van der Waals surface area contributed by atoms with Gasteiger partial charge in [-0.1, -0.05) is 18.0 Å². The number of nitriles is 1. The summed E-state index contributed by atoms with van der Waals surface area (Å²) in [5.74, 6) is 1.19. The molecule has 1 aliphatic rings. The monoisotopic (exact) mass is 235 g/mol. The van der Waals surface area contributed by atoms with Crippen LogP contribution < -0.4 is 4.74 Å². The lowest BCUT2D eigenvalue weighted by Gasteiger charge is -2.25. The number of hydrogen-bond acceptors (Lipinski definition) is 2. The van der Waals surface area contributed by atoms with Crippen LogP contribution in [0.5, 0.6) is 5.75 Å². The molecule has 0 bridgehead atoms. The second-order valence-electron chi connectivity index (χ2n) is 4.34. The van der Waals surface area contributed by atoms with E-state index in [1.54, 1.807) is 0 Å². The quantitative estimate of drug-likeness (QED) is 0.800. The Morgan fingerprint density at radius 3 is 2.81 bits per heavy atom. The first-order chi connectivity index (χ1) is 7.70. The Bertz CT molecular complexity index is 432. The molecule has 2 nitrogen and oxygen atoms in total. The maximum Gasteiger partial charge on any atom is 0.155 e. The van der Waals surface area contributed by atoms with Gasteiger partial charge in [-0.25, -0.2) is 0 Å². The van der Waals surface area contributed by atoms with E-state index < -0.39 is 0 Å². The summed E-state index contributed by atoms with van der Waals surface area (Å²) in [7, 11) is 0. The van der Waals surface area contributed by atoms with E-state index in [-0.39, 0.29) is 0 Å². The fourth-order valence-corrected chi connectivity index (χ4v) is 2.15. The predicted molar refractivity (Wildman–Crippen MR) is 63.7 cm³/mol. The van der Waals surface area contributed by atoms with E-state index in [4.69, 9.17) is 21.6 Å². The van der Waals surface area contributed by atoms with Gasteiger partial charge in [0.2, 0.25) is 0 Å². The number of rotatable bonds is 3.